The van der Waals surface area contributed by atoms with E-state index in [2.05, 4.69) is 37.5 Å². The molecule has 1 heterocycles. The van der Waals surface area contributed by atoms with Gasteiger partial charge >= 0.3 is 0 Å². The van der Waals surface area contributed by atoms with E-state index >= 15 is 0 Å². The number of aliphatic hydroxyl groups excluding tert-OH is 1. The molecule has 0 saturated carbocycles. The zero-order chi connectivity index (χ0) is 34.3. The van der Waals surface area contributed by atoms with E-state index in [0.29, 0.717) is 48.4 Å². The van der Waals surface area contributed by atoms with Crippen molar-refractivity contribution in [2.45, 2.75) is 50.4 Å². The Bertz CT molecular complexity index is 1840. The van der Waals surface area contributed by atoms with Gasteiger partial charge in [0.15, 0.2) is 11.6 Å². The molecule has 0 bridgehead atoms. The van der Waals surface area contributed by atoms with Gasteiger partial charge in [0.1, 0.15) is 5.75 Å². The molecule has 250 valence electrons. The number of nitrogens with zero attached hydrogens (tertiary/aromatic N) is 7. The van der Waals surface area contributed by atoms with E-state index in [0.717, 1.165) is 17.5 Å². The van der Waals surface area contributed by atoms with E-state index in [1.807, 2.05) is 78.9 Å². The minimum Gasteiger partial charge on any atom is -0.494 e. The first kappa shape index (κ1) is 34.5. The monoisotopic (exact) mass is 658 g/mol. The Morgan fingerprint density at radius 1 is 0.857 bits per heavy atom. The van der Waals surface area contributed by atoms with Crippen LogP contribution in [0.2, 0.25) is 0 Å². The van der Waals surface area contributed by atoms with Crippen LogP contribution in [-0.2, 0) is 35.5 Å². The van der Waals surface area contributed by atoms with Crippen LogP contribution >= 0.6 is 0 Å². The van der Waals surface area contributed by atoms with E-state index in [1.165, 1.54) is 5.56 Å². The molecule has 2 atom stereocenters. The number of carbonyl (C=O) groups is 1. The second-order valence-corrected chi connectivity index (χ2v) is 11.6. The average Bonchev–Trinajstić information content (AvgIpc) is 3.53. The molecule has 2 N–H and O–H groups in total. The Balaban J connectivity index is 1.58. The number of benzene rings is 4. The van der Waals surface area contributed by atoms with Gasteiger partial charge in [-0.2, -0.15) is 0 Å². The Labute approximate surface area is 284 Å². The number of hydrogen-bond acceptors (Lipinski definition) is 7. The van der Waals surface area contributed by atoms with Crippen LogP contribution in [0.15, 0.2) is 118 Å². The second kappa shape index (κ2) is 17.4. The Hall–Kier alpha value is -5.80. The van der Waals surface area contributed by atoms with Gasteiger partial charge in [-0.05, 0) is 76.0 Å². The maximum atomic E-state index is 14.7. The summed E-state index contributed by atoms with van der Waals surface area (Å²) in [6, 6.07) is 32.2. The highest BCUT2D eigenvalue weighted by molar-refractivity contribution is 6.01. The summed E-state index contributed by atoms with van der Waals surface area (Å²) in [6.45, 7) is 0.986. The number of nitrogens with one attached hydrogen (secondary N) is 1. The number of amides is 1. The SMILES string of the molecule is [N-]=[N+]=NCc1ccccc1C[C@@]1(C(=O)NCCCc2ccccc2)N=C(c2ccc(OCCCO)cc2)O[C@@H]1c1ccccc1CN=[N+]=[N-]. The number of rotatable bonds is 17. The van der Waals surface area contributed by atoms with Gasteiger partial charge in [0, 0.05) is 41.4 Å². The van der Waals surface area contributed by atoms with Gasteiger partial charge in [-0.25, -0.2) is 4.99 Å². The minimum absolute atomic E-state index is 0.0354. The lowest BCUT2D eigenvalue weighted by atomic mass is 9.79. The van der Waals surface area contributed by atoms with Crippen LogP contribution in [0.25, 0.3) is 20.9 Å². The molecule has 1 aliphatic rings. The van der Waals surface area contributed by atoms with Crippen molar-refractivity contribution in [3.8, 4) is 5.75 Å². The number of aliphatic hydroxyl groups is 1. The first-order chi connectivity index (χ1) is 24.1. The number of azide groups is 2. The fourth-order valence-electron chi connectivity index (χ4n) is 5.88. The highest BCUT2D eigenvalue weighted by Gasteiger charge is 2.54. The fourth-order valence-corrected chi connectivity index (χ4v) is 5.88. The third-order valence-electron chi connectivity index (χ3n) is 8.33. The van der Waals surface area contributed by atoms with Crippen LogP contribution < -0.4 is 10.1 Å². The first-order valence-corrected chi connectivity index (χ1v) is 16.2. The molecule has 12 heteroatoms. The molecular weight excluding hydrogens is 620 g/mol. The molecule has 0 aliphatic carbocycles. The minimum atomic E-state index is -1.49. The van der Waals surface area contributed by atoms with Crippen LogP contribution in [0, 0.1) is 0 Å². The van der Waals surface area contributed by atoms with Crippen LogP contribution in [0.4, 0.5) is 0 Å². The molecule has 5 rings (SSSR count). The summed E-state index contributed by atoms with van der Waals surface area (Å²) in [4.78, 5) is 25.7. The number of ether oxygens (including phenoxy) is 2. The zero-order valence-corrected chi connectivity index (χ0v) is 27.1. The molecule has 0 radical (unpaired) electrons. The van der Waals surface area contributed by atoms with E-state index < -0.39 is 11.6 Å². The third kappa shape index (κ3) is 8.77. The Morgan fingerprint density at radius 2 is 1.51 bits per heavy atom. The molecule has 0 spiro atoms. The molecule has 0 unspecified atom stereocenters. The van der Waals surface area contributed by atoms with Gasteiger partial charge in [-0.15, -0.1) is 0 Å². The maximum absolute atomic E-state index is 14.7. The van der Waals surface area contributed by atoms with Gasteiger partial charge < -0.3 is 19.9 Å². The molecule has 1 amide bonds. The number of aryl methyl sites for hydroxylation is 1. The maximum Gasteiger partial charge on any atom is 0.252 e. The summed E-state index contributed by atoms with van der Waals surface area (Å²) in [5, 5.41) is 19.9. The summed E-state index contributed by atoms with van der Waals surface area (Å²) >= 11 is 0. The van der Waals surface area contributed by atoms with Crippen LogP contribution in [-0.4, -0.2) is 42.2 Å². The first-order valence-electron chi connectivity index (χ1n) is 16.2. The summed E-state index contributed by atoms with van der Waals surface area (Å²) in [6.07, 6.45) is 1.26. The summed E-state index contributed by atoms with van der Waals surface area (Å²) in [7, 11) is 0. The molecule has 0 saturated heterocycles. The molecule has 0 fully saturated rings. The summed E-state index contributed by atoms with van der Waals surface area (Å²) in [5.41, 5.74) is 21.5. The van der Waals surface area contributed by atoms with Gasteiger partial charge in [0.2, 0.25) is 5.90 Å². The van der Waals surface area contributed by atoms with Crippen molar-refractivity contribution in [1.82, 2.24) is 5.32 Å². The quantitative estimate of drug-likeness (QED) is 0.0523. The summed E-state index contributed by atoms with van der Waals surface area (Å²) < 4.78 is 12.4. The van der Waals surface area contributed by atoms with Crippen molar-refractivity contribution < 1.29 is 19.4 Å². The molecule has 4 aromatic rings. The normalized spacial score (nSPS) is 16.4. The van der Waals surface area contributed by atoms with Crippen LogP contribution in [0.1, 0.15) is 52.3 Å². The number of carbonyl (C=O) groups excluding carboxylic acids is 1. The van der Waals surface area contributed by atoms with Gasteiger partial charge in [-0.3, -0.25) is 4.79 Å². The zero-order valence-electron chi connectivity index (χ0n) is 27.1. The lowest BCUT2D eigenvalue weighted by molar-refractivity contribution is -0.128. The molecule has 1 aliphatic heterocycles. The fraction of sp³-hybridized carbons (Fsp3) is 0.297. The van der Waals surface area contributed by atoms with Crippen molar-refractivity contribution in [3.63, 3.8) is 0 Å². The highest BCUT2D eigenvalue weighted by atomic mass is 16.5. The molecule has 0 aromatic heterocycles. The highest BCUT2D eigenvalue weighted by Crippen LogP contribution is 2.44. The van der Waals surface area contributed by atoms with Crippen molar-refractivity contribution >= 4 is 11.8 Å². The third-order valence-corrected chi connectivity index (χ3v) is 8.33. The lowest BCUT2D eigenvalue weighted by Crippen LogP contribution is -2.50. The Morgan fingerprint density at radius 3 is 2.22 bits per heavy atom. The lowest BCUT2D eigenvalue weighted by Gasteiger charge is -2.32. The average molecular weight is 659 g/mol. The van der Waals surface area contributed by atoms with Gasteiger partial charge in [0.25, 0.3) is 5.91 Å². The van der Waals surface area contributed by atoms with Crippen molar-refractivity contribution in [2.24, 2.45) is 15.2 Å². The van der Waals surface area contributed by atoms with Crippen LogP contribution in [0.3, 0.4) is 0 Å². The molecule has 49 heavy (non-hydrogen) atoms. The smallest absolute Gasteiger partial charge is 0.252 e. The molecular formula is C37H38N8O4. The molecule has 4 aromatic carbocycles. The van der Waals surface area contributed by atoms with E-state index in [9.17, 15) is 4.79 Å². The van der Waals surface area contributed by atoms with Crippen molar-refractivity contribution in [2.75, 3.05) is 19.8 Å². The number of aliphatic imine (C=N–C) groups is 1. The summed E-state index contributed by atoms with van der Waals surface area (Å²) in [5.74, 6) is 0.584. The van der Waals surface area contributed by atoms with Gasteiger partial charge in [-0.1, -0.05) is 89.1 Å². The second-order valence-electron chi connectivity index (χ2n) is 11.6. The van der Waals surface area contributed by atoms with Gasteiger partial charge in [0.05, 0.1) is 19.7 Å². The van der Waals surface area contributed by atoms with Crippen molar-refractivity contribution in [1.29, 1.82) is 0 Å². The van der Waals surface area contributed by atoms with Crippen LogP contribution in [0.5, 0.6) is 5.75 Å². The predicted octanol–water partition coefficient (Wildman–Crippen LogP) is 7.32. The largest absolute Gasteiger partial charge is 0.494 e. The van der Waals surface area contributed by atoms with E-state index in [1.54, 1.807) is 12.1 Å². The topological polar surface area (TPSA) is 178 Å². The van der Waals surface area contributed by atoms with E-state index in [4.69, 9.17) is 30.6 Å². The molecule has 12 nitrogen and oxygen atoms in total. The standard InChI is InChI=1S/C37H38N8O4/c38-44-41-25-30-14-5-4-13-29(30)24-37(36(47)40-21-8-12-27-10-2-1-3-11-27)34(33-16-7-6-15-31(33)26-42-45-39)49-35(43-37)28-17-19-32(20-18-28)48-23-9-22-46/h1-7,10-11,13-20,34,46H,8-9,12,21-26H2,(H,40,47)/t34-,37-/m1/s1. The Kier molecular flexibility index (Phi) is 12.2. The van der Waals surface area contributed by atoms with Crippen molar-refractivity contribution in [3.05, 3.63) is 157 Å². The van der Waals surface area contributed by atoms with E-state index in [-0.39, 0.29) is 37.9 Å². The number of hydrogen-bond donors (Lipinski definition) is 2. The predicted molar refractivity (Wildman–Crippen MR) is 187 cm³/mol.